The Morgan fingerprint density at radius 1 is 1.35 bits per heavy atom. The van der Waals surface area contributed by atoms with Crippen molar-refractivity contribution < 1.29 is 31.1 Å². The van der Waals surface area contributed by atoms with Crippen LogP contribution in [-0.2, 0) is 28.3 Å². The molecule has 0 spiro atoms. The zero-order chi connectivity index (χ0) is 14.1. The molecule has 0 aromatic rings. The molecule has 0 rings (SSSR count). The lowest BCUT2D eigenvalue weighted by atomic mass is 10.5. The van der Waals surface area contributed by atoms with E-state index in [1.54, 1.807) is 19.8 Å². The van der Waals surface area contributed by atoms with Gasteiger partial charge in [0.15, 0.2) is 0 Å². The van der Waals surface area contributed by atoms with E-state index in [2.05, 4.69) is 15.5 Å². The van der Waals surface area contributed by atoms with Gasteiger partial charge < -0.3 is 0 Å². The standard InChI is InChI=1S/C5H13O4P.C3H4O3S/c1-5(2)9-10(6,7-3)8-4;1-2-3-7(4,5)6/h5H,1-4H3;1H,3H2,(H,4,5,6). The van der Waals surface area contributed by atoms with Crippen molar-refractivity contribution in [2.24, 2.45) is 0 Å². The average Bonchev–Trinajstić information content (AvgIpc) is 2.16. The number of phosphoric acid groups is 1. The normalized spacial score (nSPS) is 11.6. The zero-order valence-corrected chi connectivity index (χ0v) is 11.8. The van der Waals surface area contributed by atoms with Crippen LogP contribution < -0.4 is 0 Å². The van der Waals surface area contributed by atoms with Crippen LogP contribution >= 0.6 is 7.82 Å². The van der Waals surface area contributed by atoms with E-state index in [0.29, 0.717) is 0 Å². The molecule has 0 aliphatic carbocycles. The Balaban J connectivity index is 0. The van der Waals surface area contributed by atoms with Crippen LogP contribution in [0.3, 0.4) is 0 Å². The van der Waals surface area contributed by atoms with Gasteiger partial charge >= 0.3 is 7.82 Å². The van der Waals surface area contributed by atoms with Gasteiger partial charge in [0, 0.05) is 14.2 Å². The van der Waals surface area contributed by atoms with Crippen LogP contribution in [0.15, 0.2) is 0 Å². The predicted molar refractivity (Wildman–Crippen MR) is 63.1 cm³/mol. The third kappa shape index (κ3) is 13.5. The van der Waals surface area contributed by atoms with Gasteiger partial charge in [-0.2, -0.15) is 8.42 Å². The summed E-state index contributed by atoms with van der Waals surface area (Å²) in [5.74, 6) is 1.17. The Morgan fingerprint density at radius 3 is 1.82 bits per heavy atom. The third-order valence-corrected chi connectivity index (χ3v) is 3.16. The highest BCUT2D eigenvalue weighted by Crippen LogP contribution is 2.48. The first kappa shape index (κ1) is 18.9. The van der Waals surface area contributed by atoms with Gasteiger partial charge in [0.2, 0.25) is 0 Å². The molecule has 0 bridgehead atoms. The summed E-state index contributed by atoms with van der Waals surface area (Å²) >= 11 is 0. The predicted octanol–water partition coefficient (Wildman–Crippen LogP) is 1.32. The molecule has 0 unspecified atom stereocenters. The summed E-state index contributed by atoms with van der Waals surface area (Å²) in [7, 11) is -4.58. The van der Waals surface area contributed by atoms with Crippen LogP contribution in [0.4, 0.5) is 0 Å². The molecule has 17 heavy (non-hydrogen) atoms. The second kappa shape index (κ2) is 8.64. The van der Waals surface area contributed by atoms with E-state index in [-0.39, 0.29) is 6.10 Å². The SMILES string of the molecule is C#CCS(=O)(=O)O.COP(=O)(OC)OC(C)C. The Kier molecular flexibility index (Phi) is 9.62. The fraction of sp³-hybridized carbons (Fsp3) is 0.750. The summed E-state index contributed by atoms with van der Waals surface area (Å²) in [6.45, 7) is 3.51. The van der Waals surface area contributed by atoms with Gasteiger partial charge in [-0.25, -0.2) is 4.57 Å². The Morgan fingerprint density at radius 2 is 1.76 bits per heavy atom. The molecule has 1 N–H and O–H groups in total. The number of phosphoric ester groups is 1. The van der Waals surface area contributed by atoms with Gasteiger partial charge in [0.1, 0.15) is 5.75 Å². The topological polar surface area (TPSA) is 99.1 Å². The molecule has 9 heteroatoms. The van der Waals surface area contributed by atoms with Crippen LogP contribution in [0.1, 0.15) is 13.8 Å². The monoisotopic (exact) mass is 288 g/mol. The molecule has 0 aromatic carbocycles. The molecular weight excluding hydrogens is 271 g/mol. The summed E-state index contributed by atoms with van der Waals surface area (Å²) in [6, 6.07) is 0. The maximum absolute atomic E-state index is 11.1. The minimum Gasteiger partial charge on any atom is -0.290 e. The molecule has 0 heterocycles. The van der Waals surface area contributed by atoms with Crippen molar-refractivity contribution in [3.63, 3.8) is 0 Å². The lowest BCUT2D eigenvalue weighted by Gasteiger charge is -2.15. The summed E-state index contributed by atoms with van der Waals surface area (Å²) in [5, 5.41) is 0. The quantitative estimate of drug-likeness (QED) is 0.462. The molecule has 0 aromatic heterocycles. The van der Waals surface area contributed by atoms with Crippen molar-refractivity contribution in [3.8, 4) is 12.3 Å². The lowest BCUT2D eigenvalue weighted by Crippen LogP contribution is -2.02. The highest BCUT2D eigenvalue weighted by Gasteiger charge is 2.23. The minimum absolute atomic E-state index is 0.161. The maximum Gasteiger partial charge on any atom is 0.474 e. The highest BCUT2D eigenvalue weighted by atomic mass is 32.2. The van der Waals surface area contributed by atoms with E-state index >= 15 is 0 Å². The Bertz CT molecular complexity index is 373. The molecule has 0 saturated heterocycles. The van der Waals surface area contributed by atoms with Crippen molar-refractivity contribution in [2.75, 3.05) is 20.0 Å². The third-order valence-electron chi connectivity index (χ3n) is 1.05. The molecular formula is C8H17O7PS. The zero-order valence-electron chi connectivity index (χ0n) is 10.1. The first-order valence-electron chi connectivity index (χ1n) is 4.38. The smallest absolute Gasteiger partial charge is 0.290 e. The van der Waals surface area contributed by atoms with Gasteiger partial charge in [0.25, 0.3) is 10.1 Å². The van der Waals surface area contributed by atoms with Crippen LogP contribution in [-0.4, -0.2) is 39.0 Å². The van der Waals surface area contributed by atoms with E-state index in [9.17, 15) is 13.0 Å². The summed E-state index contributed by atoms with van der Waals surface area (Å²) in [4.78, 5) is 0. The van der Waals surface area contributed by atoms with Crippen molar-refractivity contribution in [2.45, 2.75) is 20.0 Å². The van der Waals surface area contributed by atoms with Crippen molar-refractivity contribution in [1.29, 1.82) is 0 Å². The fourth-order valence-electron chi connectivity index (χ4n) is 0.524. The molecule has 0 aliphatic rings. The van der Waals surface area contributed by atoms with Crippen LogP contribution in [0.25, 0.3) is 0 Å². The van der Waals surface area contributed by atoms with Crippen LogP contribution in [0.2, 0.25) is 0 Å². The van der Waals surface area contributed by atoms with Gasteiger partial charge in [0.05, 0.1) is 6.10 Å². The van der Waals surface area contributed by atoms with Gasteiger partial charge in [-0.15, -0.1) is 6.42 Å². The summed E-state index contributed by atoms with van der Waals surface area (Å²) in [5.41, 5.74) is 0. The van der Waals surface area contributed by atoms with Gasteiger partial charge in [-0.05, 0) is 13.8 Å². The number of hydrogen-bond donors (Lipinski definition) is 1. The Labute approximate surface area is 102 Å². The highest BCUT2D eigenvalue weighted by molar-refractivity contribution is 7.86. The van der Waals surface area contributed by atoms with Crippen LogP contribution in [0, 0.1) is 12.3 Å². The molecule has 0 radical (unpaired) electrons. The maximum atomic E-state index is 11.1. The van der Waals surface area contributed by atoms with Crippen molar-refractivity contribution in [3.05, 3.63) is 0 Å². The molecule has 102 valence electrons. The molecule has 0 amide bonds. The number of terminal acetylenes is 1. The van der Waals surface area contributed by atoms with E-state index in [1.165, 1.54) is 14.2 Å². The number of hydrogen-bond acceptors (Lipinski definition) is 6. The summed E-state index contributed by atoms with van der Waals surface area (Å²) in [6.07, 6.45) is 4.36. The largest absolute Gasteiger partial charge is 0.474 e. The second-order valence-corrected chi connectivity index (χ2v) is 6.18. The molecule has 7 nitrogen and oxygen atoms in total. The minimum atomic E-state index is -3.91. The van der Waals surface area contributed by atoms with Crippen LogP contribution in [0.5, 0.6) is 0 Å². The number of rotatable bonds is 5. The first-order valence-corrected chi connectivity index (χ1v) is 7.45. The lowest BCUT2D eigenvalue weighted by molar-refractivity contribution is 0.122. The molecule has 0 aliphatic heterocycles. The molecule has 0 atom stereocenters. The van der Waals surface area contributed by atoms with Gasteiger partial charge in [-0.3, -0.25) is 18.1 Å². The van der Waals surface area contributed by atoms with E-state index in [1.807, 2.05) is 0 Å². The van der Waals surface area contributed by atoms with E-state index < -0.39 is 23.7 Å². The second-order valence-electron chi connectivity index (χ2n) is 2.90. The fourth-order valence-corrected chi connectivity index (χ4v) is 1.57. The van der Waals surface area contributed by atoms with Crippen molar-refractivity contribution >= 4 is 17.9 Å². The van der Waals surface area contributed by atoms with Crippen molar-refractivity contribution in [1.82, 2.24) is 0 Å². The van der Waals surface area contributed by atoms with E-state index in [0.717, 1.165) is 0 Å². The Hall–Kier alpha value is -0.420. The first-order chi connectivity index (χ1) is 7.60. The summed E-state index contributed by atoms with van der Waals surface area (Å²) < 4.78 is 52.1. The molecule has 0 fully saturated rings. The molecule has 0 saturated carbocycles. The van der Waals surface area contributed by atoms with E-state index in [4.69, 9.17) is 9.08 Å². The van der Waals surface area contributed by atoms with Gasteiger partial charge in [-0.1, -0.05) is 5.92 Å². The average molecular weight is 288 g/mol.